The molecule has 0 unspecified atom stereocenters. The molecular weight excluding hydrogens is 254 g/mol. The zero-order chi connectivity index (χ0) is 14.2. The van der Waals surface area contributed by atoms with Crippen LogP contribution in [0.25, 0.3) is 0 Å². The molecule has 0 spiro atoms. The topological polar surface area (TPSA) is 131 Å². The Labute approximate surface area is 108 Å². The number of nitrogen functional groups attached to an aromatic ring is 1. The van der Waals surface area contributed by atoms with Gasteiger partial charge in [0, 0.05) is 6.20 Å². The van der Waals surface area contributed by atoms with Crippen molar-refractivity contribution in [2.45, 2.75) is 24.0 Å². The highest BCUT2D eigenvalue weighted by molar-refractivity contribution is 5.24. The van der Waals surface area contributed by atoms with Gasteiger partial charge < -0.3 is 25.8 Å². The number of aliphatic hydroxyl groups is 3. The molecule has 19 heavy (non-hydrogen) atoms. The van der Waals surface area contributed by atoms with Crippen LogP contribution in [0.3, 0.4) is 0 Å². The molecule has 0 aromatic carbocycles. The highest BCUT2D eigenvalue weighted by atomic mass is 16.6. The number of rotatable bonds is 2. The van der Waals surface area contributed by atoms with Crippen LogP contribution in [0.1, 0.15) is 6.23 Å². The minimum Gasteiger partial charge on any atom is -0.394 e. The summed E-state index contributed by atoms with van der Waals surface area (Å²) in [5.41, 5.74) is 2.50. The van der Waals surface area contributed by atoms with E-state index in [0.29, 0.717) is 0 Å². The van der Waals surface area contributed by atoms with Crippen LogP contribution in [-0.4, -0.2) is 49.3 Å². The summed E-state index contributed by atoms with van der Waals surface area (Å²) in [5.74, 6) is 2.00. The van der Waals surface area contributed by atoms with Gasteiger partial charge in [0.15, 0.2) is 11.8 Å². The number of ether oxygens (including phenoxy) is 1. The van der Waals surface area contributed by atoms with E-state index >= 15 is 0 Å². The molecule has 0 radical (unpaired) electrons. The van der Waals surface area contributed by atoms with Crippen LogP contribution in [0.4, 0.5) is 5.82 Å². The molecule has 0 aliphatic carbocycles. The van der Waals surface area contributed by atoms with Gasteiger partial charge in [-0.15, -0.1) is 6.42 Å². The lowest BCUT2D eigenvalue weighted by molar-refractivity contribution is -0.0624. The summed E-state index contributed by atoms with van der Waals surface area (Å²) < 4.78 is 6.17. The maximum Gasteiger partial charge on any atom is 0.351 e. The van der Waals surface area contributed by atoms with Crippen LogP contribution >= 0.6 is 0 Å². The first-order valence-electron chi connectivity index (χ1n) is 5.43. The van der Waals surface area contributed by atoms with Crippen molar-refractivity contribution in [3.05, 3.63) is 22.7 Å². The van der Waals surface area contributed by atoms with Crippen LogP contribution in [0.2, 0.25) is 0 Å². The van der Waals surface area contributed by atoms with Crippen molar-refractivity contribution < 1.29 is 20.1 Å². The van der Waals surface area contributed by atoms with Crippen molar-refractivity contribution in [1.82, 2.24) is 9.55 Å². The van der Waals surface area contributed by atoms with E-state index in [-0.39, 0.29) is 5.82 Å². The van der Waals surface area contributed by atoms with E-state index in [1.165, 1.54) is 12.3 Å². The van der Waals surface area contributed by atoms with E-state index in [2.05, 4.69) is 4.98 Å². The Bertz CT molecular complexity index is 580. The number of aromatic nitrogens is 2. The molecule has 5 N–H and O–H groups in total. The van der Waals surface area contributed by atoms with E-state index in [1.54, 1.807) is 0 Å². The molecule has 1 fully saturated rings. The lowest BCUT2D eigenvalue weighted by Gasteiger charge is -2.23. The predicted molar refractivity (Wildman–Crippen MR) is 63.7 cm³/mol. The van der Waals surface area contributed by atoms with Crippen LogP contribution in [0.15, 0.2) is 17.1 Å². The number of terminal acetylenes is 1. The minimum atomic E-state index is -2.08. The quantitative estimate of drug-likeness (QED) is 0.433. The lowest BCUT2D eigenvalue weighted by Crippen LogP contribution is -2.48. The summed E-state index contributed by atoms with van der Waals surface area (Å²) in [6.45, 7) is -0.606. The Morgan fingerprint density at radius 3 is 2.84 bits per heavy atom. The fourth-order valence-electron chi connectivity index (χ4n) is 1.95. The molecule has 0 bridgehead atoms. The highest BCUT2D eigenvalue weighted by Crippen LogP contribution is 2.35. The van der Waals surface area contributed by atoms with E-state index in [9.17, 15) is 15.0 Å². The van der Waals surface area contributed by atoms with Crippen molar-refractivity contribution >= 4 is 5.82 Å². The Morgan fingerprint density at radius 1 is 1.68 bits per heavy atom. The van der Waals surface area contributed by atoms with Crippen molar-refractivity contribution in [1.29, 1.82) is 0 Å². The second-order valence-corrected chi connectivity index (χ2v) is 4.15. The fraction of sp³-hybridized carbons (Fsp3) is 0.455. The largest absolute Gasteiger partial charge is 0.394 e. The van der Waals surface area contributed by atoms with Gasteiger partial charge >= 0.3 is 5.69 Å². The molecule has 102 valence electrons. The Morgan fingerprint density at radius 2 is 2.37 bits per heavy atom. The molecule has 1 saturated heterocycles. The molecule has 4 atom stereocenters. The van der Waals surface area contributed by atoms with Crippen molar-refractivity contribution in [2.24, 2.45) is 0 Å². The second kappa shape index (κ2) is 4.64. The van der Waals surface area contributed by atoms with E-state index < -0.39 is 36.3 Å². The third-order valence-electron chi connectivity index (χ3n) is 3.04. The van der Waals surface area contributed by atoms with Crippen molar-refractivity contribution in [2.75, 3.05) is 12.3 Å². The smallest absolute Gasteiger partial charge is 0.351 e. The number of nitrogens with zero attached hydrogens (tertiary/aromatic N) is 2. The first kappa shape index (κ1) is 13.5. The molecule has 1 aliphatic rings. The van der Waals surface area contributed by atoms with Gasteiger partial charge in [0.05, 0.1) is 6.61 Å². The monoisotopic (exact) mass is 267 g/mol. The molecule has 0 saturated carbocycles. The Balaban J connectivity index is 2.43. The average molecular weight is 267 g/mol. The normalized spacial score (nSPS) is 34.1. The summed E-state index contributed by atoms with van der Waals surface area (Å²) in [5, 5.41) is 29.2. The second-order valence-electron chi connectivity index (χ2n) is 4.15. The Kier molecular flexibility index (Phi) is 3.30. The predicted octanol–water partition coefficient (Wildman–Crippen LogP) is -2.56. The van der Waals surface area contributed by atoms with Gasteiger partial charge in [-0.05, 0) is 6.07 Å². The fourth-order valence-corrected chi connectivity index (χ4v) is 1.95. The molecule has 1 aromatic rings. The van der Waals surface area contributed by atoms with E-state index in [0.717, 1.165) is 4.57 Å². The van der Waals surface area contributed by atoms with E-state index in [1.807, 2.05) is 5.92 Å². The number of anilines is 1. The van der Waals surface area contributed by atoms with E-state index in [4.69, 9.17) is 22.0 Å². The summed E-state index contributed by atoms with van der Waals surface area (Å²) in [6, 6.07) is 1.33. The van der Waals surface area contributed by atoms with Gasteiger partial charge in [-0.3, -0.25) is 4.57 Å². The van der Waals surface area contributed by atoms with Crippen molar-refractivity contribution in [3.8, 4) is 12.3 Å². The molecular formula is C11H13N3O5. The third-order valence-corrected chi connectivity index (χ3v) is 3.04. The van der Waals surface area contributed by atoms with Crippen molar-refractivity contribution in [3.63, 3.8) is 0 Å². The number of hydrogen-bond donors (Lipinski definition) is 4. The molecule has 2 rings (SSSR count). The molecule has 8 heteroatoms. The summed E-state index contributed by atoms with van der Waals surface area (Å²) in [4.78, 5) is 15.1. The zero-order valence-corrected chi connectivity index (χ0v) is 9.80. The van der Waals surface area contributed by atoms with Gasteiger partial charge in [-0.25, -0.2) is 4.79 Å². The average Bonchev–Trinajstić information content (AvgIpc) is 2.63. The van der Waals surface area contributed by atoms with Gasteiger partial charge in [0.1, 0.15) is 18.0 Å². The third kappa shape index (κ3) is 1.98. The first-order valence-corrected chi connectivity index (χ1v) is 5.43. The van der Waals surface area contributed by atoms with Crippen LogP contribution < -0.4 is 11.4 Å². The first-order chi connectivity index (χ1) is 8.93. The van der Waals surface area contributed by atoms with Crippen LogP contribution in [-0.2, 0) is 4.74 Å². The summed E-state index contributed by atoms with van der Waals surface area (Å²) in [7, 11) is 0. The van der Waals surface area contributed by atoms with Gasteiger partial charge in [0.2, 0.25) is 0 Å². The highest BCUT2D eigenvalue weighted by Gasteiger charge is 2.55. The number of hydrogen-bond acceptors (Lipinski definition) is 7. The van der Waals surface area contributed by atoms with Crippen LogP contribution in [0, 0.1) is 12.3 Å². The van der Waals surface area contributed by atoms with Crippen LogP contribution in [0.5, 0.6) is 0 Å². The lowest BCUT2D eigenvalue weighted by atomic mass is 9.93. The maximum atomic E-state index is 11.7. The van der Waals surface area contributed by atoms with Gasteiger partial charge in [-0.1, -0.05) is 5.92 Å². The molecule has 8 nitrogen and oxygen atoms in total. The van der Waals surface area contributed by atoms with Gasteiger partial charge in [-0.2, -0.15) is 4.98 Å². The number of aliphatic hydroxyl groups excluding tert-OH is 2. The maximum absolute atomic E-state index is 11.7. The molecule has 0 amide bonds. The standard InChI is InChI=1S/C11H13N3O5/c1-2-11(18)6(5-15)19-9(8(11)16)14-4-3-7(12)13-10(14)17/h1,3-4,6,8-9,15-16,18H,5H2,(H2,12,13,17)/t6-,8-,9-,11-/m0/s1. The minimum absolute atomic E-state index is 0.0136. The molecule has 2 heterocycles. The number of nitrogens with two attached hydrogens (primary N) is 1. The molecule has 1 aliphatic heterocycles. The zero-order valence-electron chi connectivity index (χ0n) is 9.80. The Hall–Kier alpha value is -1.92. The molecule has 1 aromatic heterocycles. The SMILES string of the molecule is C#C[C@]1(O)[C@H](CO)O[C@H](n2ccc(N)nc2=O)[C@@H]1O. The van der Waals surface area contributed by atoms with Gasteiger partial charge in [0.25, 0.3) is 0 Å². The summed E-state index contributed by atoms with van der Waals surface area (Å²) in [6.07, 6.45) is 2.37. The summed E-state index contributed by atoms with van der Waals surface area (Å²) >= 11 is 0.